The van der Waals surface area contributed by atoms with Gasteiger partial charge in [0.25, 0.3) is 5.91 Å². The minimum atomic E-state index is -3.96. The highest BCUT2D eigenvalue weighted by Gasteiger charge is 2.36. The molecule has 1 saturated carbocycles. The molecule has 0 bridgehead atoms. The van der Waals surface area contributed by atoms with Crippen LogP contribution in [0.2, 0.25) is 10.0 Å². The number of halogens is 4. The van der Waals surface area contributed by atoms with Crippen molar-refractivity contribution < 1.29 is 17.6 Å². The second kappa shape index (κ2) is 13.2. The maximum absolute atomic E-state index is 14.5. The number of carbonyl (C=O) groups excluding carboxylic acids is 1. The van der Waals surface area contributed by atoms with E-state index in [-0.39, 0.29) is 47.9 Å². The van der Waals surface area contributed by atoms with Gasteiger partial charge in [-0.1, -0.05) is 53.5 Å². The van der Waals surface area contributed by atoms with Crippen LogP contribution in [0.3, 0.4) is 0 Å². The first-order chi connectivity index (χ1) is 22.1. The fraction of sp³-hybridized carbons (Fsp3) is 0.257. The molecule has 2 fully saturated rings. The highest BCUT2D eigenvalue weighted by molar-refractivity contribution is 7.89. The maximum Gasteiger partial charge on any atom is 0.251 e. The molecule has 1 amide bonds. The number of sulfonamides is 1. The van der Waals surface area contributed by atoms with Crippen molar-refractivity contribution in [1.29, 1.82) is 0 Å². The molecule has 1 saturated heterocycles. The number of rotatable bonds is 8. The minimum absolute atomic E-state index is 0. The third kappa shape index (κ3) is 6.52. The van der Waals surface area contributed by atoms with E-state index < -0.39 is 21.7 Å². The van der Waals surface area contributed by atoms with Gasteiger partial charge in [-0.3, -0.25) is 4.79 Å². The molecule has 7 rings (SSSR count). The molecule has 2 heterocycles. The molecule has 7 nitrogen and oxygen atoms in total. The van der Waals surface area contributed by atoms with E-state index in [4.69, 9.17) is 33.9 Å². The van der Waals surface area contributed by atoms with Gasteiger partial charge >= 0.3 is 0 Å². The van der Waals surface area contributed by atoms with Crippen molar-refractivity contribution in [1.82, 2.24) is 13.9 Å². The Hall–Kier alpha value is -3.47. The largest absolute Gasteiger partial charge is 0.366 e. The first kappa shape index (κ1) is 33.4. The molecule has 1 aliphatic carbocycles. The number of hydrogen-bond acceptors (Lipinski definition) is 4. The highest BCUT2D eigenvalue weighted by atomic mass is 35.5. The van der Waals surface area contributed by atoms with Crippen molar-refractivity contribution in [2.24, 2.45) is 5.73 Å². The third-order valence-corrected chi connectivity index (χ3v) is 11.5. The van der Waals surface area contributed by atoms with E-state index in [1.807, 2.05) is 48.5 Å². The molecule has 4 aromatic carbocycles. The summed E-state index contributed by atoms with van der Waals surface area (Å²) < 4.78 is 45.1. The summed E-state index contributed by atoms with van der Waals surface area (Å²) in [7, 11) is -3.96. The average Bonchev–Trinajstić information content (AvgIpc) is 3.83. The summed E-state index contributed by atoms with van der Waals surface area (Å²) in [5, 5.41) is 1.34. The zero-order valence-electron chi connectivity index (χ0n) is 25.2. The van der Waals surface area contributed by atoms with Gasteiger partial charge in [0, 0.05) is 41.0 Å². The fourth-order valence-corrected chi connectivity index (χ4v) is 8.29. The zero-order valence-corrected chi connectivity index (χ0v) is 28.3. The standard InChI is InChI=1S/C35H31Cl2FN4O3S.ClH/c36-25-8-3-21(4-9-25)33(22-5-10-26(37)11-6-22)24-7-14-31-32(19-24)42(35(40-31)23-1-2-23)27-15-17-41(18-16-27)46(44,45)28-12-13-29(34(39)43)30(38)20-28;/h3-14,19-20,23,27,33H,1-2,15-18H2,(H2,39,43);1H. The van der Waals surface area contributed by atoms with Crippen molar-refractivity contribution in [3.63, 3.8) is 0 Å². The van der Waals surface area contributed by atoms with Gasteiger partial charge in [-0.25, -0.2) is 17.8 Å². The Labute approximate surface area is 289 Å². The smallest absolute Gasteiger partial charge is 0.251 e. The molecule has 1 aromatic heterocycles. The maximum atomic E-state index is 14.5. The van der Waals surface area contributed by atoms with Crippen molar-refractivity contribution >= 4 is 62.6 Å². The Kier molecular flexibility index (Phi) is 9.39. The van der Waals surface area contributed by atoms with Crippen LogP contribution in [0.25, 0.3) is 11.0 Å². The van der Waals surface area contributed by atoms with E-state index >= 15 is 0 Å². The number of imidazole rings is 1. The Morgan fingerprint density at radius 3 is 1.94 bits per heavy atom. The molecule has 2 aliphatic rings. The molecule has 244 valence electrons. The van der Waals surface area contributed by atoms with Gasteiger partial charge in [-0.15, -0.1) is 12.4 Å². The number of nitrogens with two attached hydrogens (primary N) is 1. The van der Waals surface area contributed by atoms with E-state index in [0.29, 0.717) is 28.8 Å². The molecule has 0 atom stereocenters. The number of nitrogens with zero attached hydrogens (tertiary/aromatic N) is 3. The van der Waals surface area contributed by atoms with Gasteiger partial charge in [0.1, 0.15) is 11.6 Å². The van der Waals surface area contributed by atoms with Crippen molar-refractivity contribution in [3.05, 3.63) is 129 Å². The van der Waals surface area contributed by atoms with Crippen LogP contribution in [0.4, 0.5) is 4.39 Å². The number of carbonyl (C=O) groups is 1. The van der Waals surface area contributed by atoms with E-state index in [1.54, 1.807) is 0 Å². The Balaban J connectivity index is 0.00000386. The lowest BCUT2D eigenvalue weighted by Gasteiger charge is -2.33. The third-order valence-electron chi connectivity index (χ3n) is 9.06. The molecule has 12 heteroatoms. The molecular formula is C35H32Cl3FN4O3S. The van der Waals surface area contributed by atoms with E-state index in [0.717, 1.165) is 58.5 Å². The van der Waals surface area contributed by atoms with Crippen LogP contribution in [0.15, 0.2) is 89.8 Å². The zero-order chi connectivity index (χ0) is 32.2. The molecule has 0 radical (unpaired) electrons. The van der Waals surface area contributed by atoms with Crippen molar-refractivity contribution in [2.45, 2.75) is 48.5 Å². The number of aromatic nitrogens is 2. The van der Waals surface area contributed by atoms with Crippen LogP contribution in [0.1, 0.15) is 76.4 Å². The molecular weight excluding hydrogens is 682 g/mol. The fourth-order valence-electron chi connectivity index (χ4n) is 6.56. The lowest BCUT2D eigenvalue weighted by Crippen LogP contribution is -2.39. The summed E-state index contributed by atoms with van der Waals surface area (Å²) in [6.45, 7) is 0.543. The summed E-state index contributed by atoms with van der Waals surface area (Å²) in [4.78, 5) is 16.3. The molecule has 0 unspecified atom stereocenters. The van der Waals surface area contributed by atoms with E-state index in [9.17, 15) is 17.6 Å². The number of piperidine rings is 1. The second-order valence-corrected chi connectivity index (χ2v) is 14.9. The Bertz CT molecular complexity index is 2010. The van der Waals surface area contributed by atoms with Gasteiger partial charge in [-0.05, 0) is 97.0 Å². The van der Waals surface area contributed by atoms with Gasteiger partial charge in [0.15, 0.2) is 0 Å². The first-order valence-electron chi connectivity index (χ1n) is 15.2. The average molecular weight is 714 g/mol. The van der Waals surface area contributed by atoms with Gasteiger partial charge in [0.2, 0.25) is 10.0 Å². The molecule has 5 aromatic rings. The highest BCUT2D eigenvalue weighted by Crippen LogP contribution is 2.44. The van der Waals surface area contributed by atoms with Crippen LogP contribution in [0.5, 0.6) is 0 Å². The predicted octanol–water partition coefficient (Wildman–Crippen LogP) is 8.09. The summed E-state index contributed by atoms with van der Waals surface area (Å²) >= 11 is 12.5. The number of hydrogen-bond donors (Lipinski definition) is 1. The SMILES string of the molecule is Cl.NC(=O)c1ccc(S(=O)(=O)N2CCC(n3c(C4CC4)nc4ccc(C(c5ccc(Cl)cc5)c5ccc(Cl)cc5)cc43)CC2)cc1F. The Morgan fingerprint density at radius 2 is 1.40 bits per heavy atom. The summed E-state index contributed by atoms with van der Waals surface area (Å²) in [6.07, 6.45) is 3.31. The second-order valence-electron chi connectivity index (χ2n) is 12.0. The van der Waals surface area contributed by atoms with E-state index in [2.05, 4.69) is 22.8 Å². The van der Waals surface area contributed by atoms with Crippen LogP contribution < -0.4 is 5.73 Å². The lowest BCUT2D eigenvalue weighted by molar-refractivity contribution is 0.0996. The quantitative estimate of drug-likeness (QED) is 0.165. The number of benzene rings is 4. The molecule has 2 N–H and O–H groups in total. The monoisotopic (exact) mass is 712 g/mol. The van der Waals surface area contributed by atoms with Gasteiger partial charge in [-0.2, -0.15) is 4.31 Å². The van der Waals surface area contributed by atoms with Gasteiger partial charge < -0.3 is 10.3 Å². The van der Waals surface area contributed by atoms with E-state index in [1.165, 1.54) is 10.4 Å². The minimum Gasteiger partial charge on any atom is -0.366 e. The number of amides is 1. The topological polar surface area (TPSA) is 98.3 Å². The lowest BCUT2D eigenvalue weighted by atomic mass is 9.85. The number of fused-ring (bicyclic) bond motifs is 1. The van der Waals surface area contributed by atoms with Crippen LogP contribution in [-0.2, 0) is 10.0 Å². The van der Waals surface area contributed by atoms with Crippen molar-refractivity contribution in [2.75, 3.05) is 13.1 Å². The molecule has 1 aliphatic heterocycles. The molecule has 0 spiro atoms. The van der Waals surface area contributed by atoms with Gasteiger partial charge in [0.05, 0.1) is 21.5 Å². The summed E-state index contributed by atoms with van der Waals surface area (Å²) in [5.74, 6) is -0.536. The molecule has 47 heavy (non-hydrogen) atoms. The predicted molar refractivity (Wildman–Crippen MR) is 185 cm³/mol. The van der Waals surface area contributed by atoms with Crippen LogP contribution in [-0.4, -0.2) is 41.3 Å². The summed E-state index contributed by atoms with van der Waals surface area (Å²) in [5.41, 5.74) is 10.1. The Morgan fingerprint density at radius 1 is 0.830 bits per heavy atom. The van der Waals surface area contributed by atoms with Crippen LogP contribution in [0, 0.1) is 5.82 Å². The van der Waals surface area contributed by atoms with Crippen molar-refractivity contribution in [3.8, 4) is 0 Å². The number of primary amides is 1. The summed E-state index contributed by atoms with van der Waals surface area (Å²) in [6, 6.07) is 25.5. The van der Waals surface area contributed by atoms with Crippen LogP contribution >= 0.6 is 35.6 Å². The normalized spacial score (nSPS) is 16.0. The first-order valence-corrected chi connectivity index (χ1v) is 17.4.